The van der Waals surface area contributed by atoms with Crippen LogP contribution in [0.3, 0.4) is 0 Å². The zero-order valence-electron chi connectivity index (χ0n) is 29.1. The molecule has 51 heavy (non-hydrogen) atoms. The third-order valence-corrected chi connectivity index (χ3v) is 8.01. The fourth-order valence-electron chi connectivity index (χ4n) is 5.21. The number of carboxylic acid groups (broad SMARTS) is 1. The summed E-state index contributed by atoms with van der Waals surface area (Å²) in [5, 5.41) is 15.2. The summed E-state index contributed by atoms with van der Waals surface area (Å²) >= 11 is 0. The molecule has 3 N–H and O–H groups in total. The molecule has 0 aromatic heterocycles. The molecule has 0 aliphatic carbocycles. The summed E-state index contributed by atoms with van der Waals surface area (Å²) in [6.45, 7) is 2.79. The number of carboxylic acids is 1. The van der Waals surface area contributed by atoms with Crippen molar-refractivity contribution in [2.75, 3.05) is 26.1 Å². The zero-order valence-corrected chi connectivity index (χ0v) is 29.1. The minimum absolute atomic E-state index is 0.0794. The van der Waals surface area contributed by atoms with Crippen LogP contribution in [0.1, 0.15) is 70.9 Å². The highest BCUT2D eigenvalue weighted by Crippen LogP contribution is 2.30. The fourth-order valence-corrected chi connectivity index (χ4v) is 5.21. The number of methoxy groups -OCH3 is 2. The first-order valence-electron chi connectivity index (χ1n) is 16.9. The predicted molar refractivity (Wildman–Crippen MR) is 193 cm³/mol. The summed E-state index contributed by atoms with van der Waals surface area (Å²) in [6, 6.07) is 23.4. The molecule has 0 radical (unpaired) electrons. The fraction of sp³-hybridized carbons (Fsp3) is 0.300. The molecule has 0 saturated heterocycles. The van der Waals surface area contributed by atoms with Gasteiger partial charge in [-0.05, 0) is 84.3 Å². The number of benzene rings is 4. The molecule has 2 amide bonds. The Kier molecular flexibility index (Phi) is 14.4. The molecular weight excluding hydrogens is 652 g/mol. The van der Waals surface area contributed by atoms with E-state index in [2.05, 4.69) is 17.6 Å². The van der Waals surface area contributed by atoms with Gasteiger partial charge in [0.25, 0.3) is 5.91 Å². The maximum Gasteiger partial charge on any atom is 0.343 e. The maximum absolute atomic E-state index is 13.1. The highest BCUT2D eigenvalue weighted by Gasteiger charge is 2.23. The van der Waals surface area contributed by atoms with Crippen molar-refractivity contribution < 1.29 is 43.2 Å². The number of nitrogens with one attached hydrogen (secondary N) is 2. The van der Waals surface area contributed by atoms with Gasteiger partial charge in [-0.3, -0.25) is 9.59 Å². The van der Waals surface area contributed by atoms with Gasteiger partial charge in [0.15, 0.2) is 11.5 Å². The lowest BCUT2D eigenvalue weighted by atomic mass is 10.0. The van der Waals surface area contributed by atoms with E-state index in [1.165, 1.54) is 44.6 Å². The van der Waals surface area contributed by atoms with Crippen LogP contribution in [0, 0.1) is 0 Å². The van der Waals surface area contributed by atoms with Crippen LogP contribution in [0.4, 0.5) is 5.69 Å². The van der Waals surface area contributed by atoms with Gasteiger partial charge in [-0.1, -0.05) is 56.9 Å². The molecule has 1 atom stereocenters. The van der Waals surface area contributed by atoms with E-state index in [9.17, 15) is 24.3 Å². The van der Waals surface area contributed by atoms with Crippen molar-refractivity contribution >= 4 is 29.4 Å². The molecule has 11 heteroatoms. The Balaban J connectivity index is 1.33. The monoisotopic (exact) mass is 696 g/mol. The van der Waals surface area contributed by atoms with Crippen LogP contribution in [-0.2, 0) is 22.4 Å². The summed E-state index contributed by atoms with van der Waals surface area (Å²) in [4.78, 5) is 50.8. The van der Waals surface area contributed by atoms with Crippen LogP contribution in [-0.4, -0.2) is 55.7 Å². The largest absolute Gasteiger partial charge is 0.497 e. The lowest BCUT2D eigenvalue weighted by molar-refractivity contribution is -0.139. The van der Waals surface area contributed by atoms with Gasteiger partial charge in [0, 0.05) is 17.7 Å². The van der Waals surface area contributed by atoms with E-state index in [0.29, 0.717) is 34.9 Å². The summed E-state index contributed by atoms with van der Waals surface area (Å²) in [5.41, 5.74) is 2.19. The number of carbonyl (C=O) groups is 4. The van der Waals surface area contributed by atoms with Gasteiger partial charge in [0.1, 0.15) is 17.5 Å². The molecule has 0 aliphatic rings. The van der Waals surface area contributed by atoms with Crippen molar-refractivity contribution in [2.24, 2.45) is 0 Å². The van der Waals surface area contributed by atoms with Crippen molar-refractivity contribution in [3.63, 3.8) is 0 Å². The Morgan fingerprint density at radius 1 is 0.725 bits per heavy atom. The molecule has 4 rings (SSSR count). The minimum atomic E-state index is -1.29. The Morgan fingerprint density at radius 3 is 2.12 bits per heavy atom. The first-order valence-corrected chi connectivity index (χ1v) is 16.9. The molecule has 268 valence electrons. The Hall–Kier alpha value is -5.84. The number of anilines is 1. The van der Waals surface area contributed by atoms with Crippen LogP contribution < -0.4 is 29.6 Å². The molecule has 0 bridgehead atoms. The number of hydrogen-bond acceptors (Lipinski definition) is 8. The number of carbonyl (C=O) groups excluding carboxylic acids is 3. The van der Waals surface area contributed by atoms with Gasteiger partial charge in [-0.15, -0.1) is 0 Å². The Bertz CT molecular complexity index is 1770. The molecule has 4 aromatic rings. The third-order valence-electron chi connectivity index (χ3n) is 8.01. The topological polar surface area (TPSA) is 149 Å². The van der Waals surface area contributed by atoms with Crippen LogP contribution in [0.25, 0.3) is 0 Å². The van der Waals surface area contributed by atoms with E-state index >= 15 is 0 Å². The molecule has 0 aliphatic heterocycles. The van der Waals surface area contributed by atoms with Gasteiger partial charge in [-0.2, -0.15) is 0 Å². The molecule has 4 aromatic carbocycles. The smallest absolute Gasteiger partial charge is 0.343 e. The normalized spacial score (nSPS) is 11.2. The first kappa shape index (κ1) is 38.0. The number of unbranched alkanes of at least 4 members (excludes halogenated alkanes) is 4. The lowest BCUT2D eigenvalue weighted by Crippen LogP contribution is -2.42. The summed E-state index contributed by atoms with van der Waals surface area (Å²) < 4.78 is 21.9. The van der Waals surface area contributed by atoms with Crippen molar-refractivity contribution in [1.82, 2.24) is 5.32 Å². The second-order valence-corrected chi connectivity index (χ2v) is 11.9. The molecule has 0 spiro atoms. The average Bonchev–Trinajstić information content (AvgIpc) is 3.13. The average molecular weight is 697 g/mol. The van der Waals surface area contributed by atoms with E-state index in [1.54, 1.807) is 79.9 Å². The van der Waals surface area contributed by atoms with Gasteiger partial charge >= 0.3 is 11.9 Å². The SMILES string of the molecule is CCCCCCCOc1ccc(C(=O)Oc2ccc(CC(NC(=O)c3cccc(NC(=O)Cc4ccc(OC)cc4)c3)C(=O)O)cc2OC)cc1. The molecule has 11 nitrogen and oxygen atoms in total. The van der Waals surface area contributed by atoms with Crippen molar-refractivity contribution in [3.05, 3.63) is 113 Å². The summed E-state index contributed by atoms with van der Waals surface area (Å²) in [7, 11) is 2.97. The van der Waals surface area contributed by atoms with Gasteiger partial charge in [-0.25, -0.2) is 9.59 Å². The quantitative estimate of drug-likeness (QED) is 0.0542. The molecule has 0 fully saturated rings. The van der Waals surface area contributed by atoms with Crippen LogP contribution in [0.5, 0.6) is 23.0 Å². The van der Waals surface area contributed by atoms with Gasteiger partial charge < -0.3 is 34.7 Å². The van der Waals surface area contributed by atoms with E-state index in [4.69, 9.17) is 18.9 Å². The van der Waals surface area contributed by atoms with E-state index in [-0.39, 0.29) is 35.8 Å². The minimum Gasteiger partial charge on any atom is -0.497 e. The standard InChI is InChI=1S/C40H44N2O9/c1-4-5-6-7-8-22-50-33-19-15-29(16-20-33)40(47)51-35-21-14-28(24-36(35)49-3)23-34(39(45)46)42-38(44)30-10-9-11-31(26-30)41-37(43)25-27-12-17-32(48-2)18-13-27/h9-21,24,26,34H,4-8,22-23,25H2,1-3H3,(H,41,43)(H,42,44)(H,45,46). The van der Waals surface area contributed by atoms with E-state index < -0.39 is 23.9 Å². The zero-order chi connectivity index (χ0) is 36.6. The van der Waals surface area contributed by atoms with Crippen molar-refractivity contribution in [1.29, 1.82) is 0 Å². The molecule has 0 saturated carbocycles. The van der Waals surface area contributed by atoms with Crippen molar-refractivity contribution in [3.8, 4) is 23.0 Å². The van der Waals surface area contributed by atoms with Crippen LogP contribution in [0.2, 0.25) is 0 Å². The maximum atomic E-state index is 13.1. The number of aliphatic carboxylic acids is 1. The number of ether oxygens (including phenoxy) is 4. The summed E-state index contributed by atoms with van der Waals surface area (Å²) in [5.74, 6) is -1.03. The van der Waals surface area contributed by atoms with Crippen LogP contribution in [0.15, 0.2) is 91.0 Å². The molecule has 0 heterocycles. The second kappa shape index (κ2) is 19.4. The number of amides is 2. The first-order chi connectivity index (χ1) is 24.7. The number of hydrogen-bond donors (Lipinski definition) is 3. The Morgan fingerprint density at radius 2 is 1.43 bits per heavy atom. The highest BCUT2D eigenvalue weighted by atomic mass is 16.6. The number of esters is 1. The van der Waals surface area contributed by atoms with E-state index in [1.807, 2.05) is 0 Å². The van der Waals surface area contributed by atoms with Crippen molar-refractivity contribution in [2.45, 2.75) is 57.9 Å². The second-order valence-electron chi connectivity index (χ2n) is 11.9. The molecule has 1 unspecified atom stereocenters. The van der Waals surface area contributed by atoms with Gasteiger partial charge in [0.2, 0.25) is 5.91 Å². The Labute approximate surface area is 297 Å². The number of rotatable bonds is 19. The molecular formula is C40H44N2O9. The lowest BCUT2D eigenvalue weighted by Gasteiger charge is -2.17. The van der Waals surface area contributed by atoms with E-state index in [0.717, 1.165) is 18.4 Å². The summed E-state index contributed by atoms with van der Waals surface area (Å²) in [6.07, 6.45) is 5.73. The van der Waals surface area contributed by atoms with Crippen LogP contribution >= 0.6 is 0 Å². The highest BCUT2D eigenvalue weighted by molar-refractivity contribution is 5.99. The predicted octanol–water partition coefficient (Wildman–Crippen LogP) is 6.88. The van der Waals surface area contributed by atoms with Gasteiger partial charge in [0.05, 0.1) is 32.8 Å². The third kappa shape index (κ3) is 11.9.